The predicted molar refractivity (Wildman–Crippen MR) is 76.6 cm³/mol. The first-order chi connectivity index (χ1) is 9.24. The van der Waals surface area contributed by atoms with Gasteiger partial charge in [-0.15, -0.1) is 0 Å². The highest BCUT2D eigenvalue weighted by atomic mass is 16.4. The van der Waals surface area contributed by atoms with Crippen LogP contribution in [0.2, 0.25) is 0 Å². The summed E-state index contributed by atoms with van der Waals surface area (Å²) < 4.78 is 0. The lowest BCUT2D eigenvalue weighted by atomic mass is 10.1. The first-order valence-electron chi connectivity index (χ1n) is 6.88. The SMILES string of the molecule is CN(c1cnccc1/C(N)=N/O)C1CCCCCC1. The number of nitrogens with two attached hydrogens (primary N) is 1. The normalized spacial score (nSPS) is 18.1. The first-order valence-corrected chi connectivity index (χ1v) is 6.88. The zero-order valence-corrected chi connectivity index (χ0v) is 11.4. The van der Waals surface area contributed by atoms with Crippen molar-refractivity contribution >= 4 is 11.5 Å². The Bertz CT molecular complexity index is 439. The zero-order chi connectivity index (χ0) is 13.7. The number of anilines is 1. The minimum atomic E-state index is 0.137. The molecule has 104 valence electrons. The number of hydrogen-bond donors (Lipinski definition) is 2. The van der Waals surface area contributed by atoms with Crippen LogP contribution in [-0.2, 0) is 0 Å². The molecule has 0 atom stereocenters. The fourth-order valence-electron chi connectivity index (χ4n) is 2.78. The second kappa shape index (κ2) is 6.41. The third-order valence-corrected chi connectivity index (χ3v) is 3.94. The molecule has 0 spiro atoms. The predicted octanol–water partition coefficient (Wildman–Crippen LogP) is 2.34. The van der Waals surface area contributed by atoms with Crippen molar-refractivity contribution < 1.29 is 5.21 Å². The van der Waals surface area contributed by atoms with Gasteiger partial charge in [-0.1, -0.05) is 30.8 Å². The van der Waals surface area contributed by atoms with Crippen LogP contribution in [0.3, 0.4) is 0 Å². The average molecular weight is 262 g/mol. The summed E-state index contributed by atoms with van der Waals surface area (Å²) in [5, 5.41) is 12.0. The van der Waals surface area contributed by atoms with Crippen LogP contribution in [0.15, 0.2) is 23.6 Å². The maximum Gasteiger partial charge on any atom is 0.172 e. The van der Waals surface area contributed by atoms with Gasteiger partial charge in [0.2, 0.25) is 0 Å². The molecule has 1 aliphatic rings. The van der Waals surface area contributed by atoms with Crippen LogP contribution in [0, 0.1) is 0 Å². The molecule has 1 aromatic rings. The van der Waals surface area contributed by atoms with Gasteiger partial charge >= 0.3 is 0 Å². The smallest absolute Gasteiger partial charge is 0.172 e. The van der Waals surface area contributed by atoms with Crippen molar-refractivity contribution in [2.75, 3.05) is 11.9 Å². The topological polar surface area (TPSA) is 74.7 Å². The second-order valence-electron chi connectivity index (χ2n) is 5.13. The van der Waals surface area contributed by atoms with Gasteiger partial charge in [0.05, 0.1) is 11.9 Å². The van der Waals surface area contributed by atoms with Gasteiger partial charge in [-0.3, -0.25) is 4.98 Å². The quantitative estimate of drug-likeness (QED) is 0.288. The fourth-order valence-corrected chi connectivity index (χ4v) is 2.78. The summed E-state index contributed by atoms with van der Waals surface area (Å²) in [4.78, 5) is 6.40. The standard InChI is InChI=1S/C14H22N4O/c1-18(11-6-4-2-3-5-7-11)13-10-16-9-8-12(13)14(15)17-19/h8-11,19H,2-7H2,1H3,(H2,15,17). The van der Waals surface area contributed by atoms with Crippen LogP contribution >= 0.6 is 0 Å². The summed E-state index contributed by atoms with van der Waals surface area (Å²) in [6.45, 7) is 0. The number of rotatable bonds is 3. The highest BCUT2D eigenvalue weighted by molar-refractivity contribution is 6.02. The van der Waals surface area contributed by atoms with Gasteiger partial charge in [-0.25, -0.2) is 0 Å². The number of hydrogen-bond acceptors (Lipinski definition) is 4. The van der Waals surface area contributed by atoms with E-state index in [0.717, 1.165) is 11.3 Å². The molecule has 0 amide bonds. The maximum absolute atomic E-state index is 8.87. The van der Waals surface area contributed by atoms with Crippen molar-refractivity contribution in [1.29, 1.82) is 0 Å². The molecule has 0 saturated heterocycles. The Morgan fingerprint density at radius 3 is 2.68 bits per heavy atom. The van der Waals surface area contributed by atoms with E-state index in [1.54, 1.807) is 18.5 Å². The molecule has 1 heterocycles. The molecular formula is C14H22N4O. The molecular weight excluding hydrogens is 240 g/mol. The molecule has 5 heteroatoms. The minimum Gasteiger partial charge on any atom is -0.409 e. The van der Waals surface area contributed by atoms with E-state index in [1.165, 1.54) is 38.5 Å². The molecule has 1 aliphatic carbocycles. The maximum atomic E-state index is 8.87. The van der Waals surface area contributed by atoms with Crippen LogP contribution in [-0.4, -0.2) is 29.1 Å². The molecule has 0 aliphatic heterocycles. The minimum absolute atomic E-state index is 0.137. The lowest BCUT2D eigenvalue weighted by molar-refractivity contribution is 0.318. The summed E-state index contributed by atoms with van der Waals surface area (Å²) in [5.74, 6) is 0.137. The molecule has 1 saturated carbocycles. The van der Waals surface area contributed by atoms with E-state index in [0.29, 0.717) is 6.04 Å². The van der Waals surface area contributed by atoms with Crippen molar-refractivity contribution in [1.82, 2.24) is 4.98 Å². The van der Waals surface area contributed by atoms with Crippen molar-refractivity contribution in [3.05, 3.63) is 24.0 Å². The summed E-state index contributed by atoms with van der Waals surface area (Å²) >= 11 is 0. The first kappa shape index (κ1) is 13.6. The Hall–Kier alpha value is -1.78. The number of oxime groups is 1. The molecule has 0 bridgehead atoms. The largest absolute Gasteiger partial charge is 0.409 e. The second-order valence-corrected chi connectivity index (χ2v) is 5.13. The van der Waals surface area contributed by atoms with Gasteiger partial charge in [0, 0.05) is 24.8 Å². The van der Waals surface area contributed by atoms with Crippen LogP contribution in [0.1, 0.15) is 44.1 Å². The molecule has 1 aromatic heterocycles. The monoisotopic (exact) mass is 262 g/mol. The Balaban J connectivity index is 2.24. The summed E-state index contributed by atoms with van der Waals surface area (Å²) in [5.41, 5.74) is 7.41. The molecule has 5 nitrogen and oxygen atoms in total. The van der Waals surface area contributed by atoms with E-state index < -0.39 is 0 Å². The Morgan fingerprint density at radius 1 is 1.37 bits per heavy atom. The van der Waals surface area contributed by atoms with E-state index in [4.69, 9.17) is 10.9 Å². The Kier molecular flexibility index (Phi) is 4.60. The molecule has 0 unspecified atom stereocenters. The highest BCUT2D eigenvalue weighted by Gasteiger charge is 2.20. The fraction of sp³-hybridized carbons (Fsp3) is 0.571. The average Bonchev–Trinajstić information content (AvgIpc) is 2.74. The van der Waals surface area contributed by atoms with E-state index in [9.17, 15) is 0 Å². The molecule has 3 N–H and O–H groups in total. The Morgan fingerprint density at radius 2 is 2.05 bits per heavy atom. The number of nitrogens with zero attached hydrogens (tertiary/aromatic N) is 3. The lowest BCUT2D eigenvalue weighted by Crippen LogP contribution is -2.33. The van der Waals surface area contributed by atoms with Crippen molar-refractivity contribution in [2.45, 2.75) is 44.6 Å². The highest BCUT2D eigenvalue weighted by Crippen LogP contribution is 2.27. The third-order valence-electron chi connectivity index (χ3n) is 3.94. The van der Waals surface area contributed by atoms with E-state index in [2.05, 4.69) is 22.1 Å². The summed E-state index contributed by atoms with van der Waals surface area (Å²) in [6, 6.07) is 2.30. The molecule has 19 heavy (non-hydrogen) atoms. The summed E-state index contributed by atoms with van der Waals surface area (Å²) in [7, 11) is 2.07. The molecule has 0 aromatic carbocycles. The van der Waals surface area contributed by atoms with Gasteiger partial charge in [0.1, 0.15) is 0 Å². The van der Waals surface area contributed by atoms with Crippen LogP contribution in [0.25, 0.3) is 0 Å². The van der Waals surface area contributed by atoms with Crippen molar-refractivity contribution in [3.8, 4) is 0 Å². The van der Waals surface area contributed by atoms with Gasteiger partial charge < -0.3 is 15.8 Å². The number of aromatic nitrogens is 1. The molecule has 2 rings (SSSR count). The van der Waals surface area contributed by atoms with Crippen LogP contribution in [0.5, 0.6) is 0 Å². The van der Waals surface area contributed by atoms with Gasteiger partial charge in [0.25, 0.3) is 0 Å². The molecule has 0 radical (unpaired) electrons. The summed E-state index contributed by atoms with van der Waals surface area (Å²) in [6.07, 6.45) is 11.0. The number of pyridine rings is 1. The third kappa shape index (κ3) is 3.16. The van der Waals surface area contributed by atoms with Crippen LogP contribution < -0.4 is 10.6 Å². The van der Waals surface area contributed by atoms with E-state index in [1.807, 2.05) is 0 Å². The van der Waals surface area contributed by atoms with Gasteiger partial charge in [-0.2, -0.15) is 0 Å². The zero-order valence-electron chi connectivity index (χ0n) is 11.4. The van der Waals surface area contributed by atoms with Gasteiger partial charge in [0.15, 0.2) is 5.84 Å². The van der Waals surface area contributed by atoms with E-state index in [-0.39, 0.29) is 5.84 Å². The molecule has 1 fully saturated rings. The Labute approximate surface area is 114 Å². The van der Waals surface area contributed by atoms with Crippen molar-refractivity contribution in [3.63, 3.8) is 0 Å². The van der Waals surface area contributed by atoms with Gasteiger partial charge in [-0.05, 0) is 18.9 Å². The van der Waals surface area contributed by atoms with E-state index >= 15 is 0 Å². The lowest BCUT2D eigenvalue weighted by Gasteiger charge is -2.30. The van der Waals surface area contributed by atoms with Crippen LogP contribution in [0.4, 0.5) is 5.69 Å². The number of amidine groups is 1. The van der Waals surface area contributed by atoms with Crippen molar-refractivity contribution in [2.24, 2.45) is 10.9 Å².